The van der Waals surface area contributed by atoms with E-state index in [0.29, 0.717) is 12.5 Å². The van der Waals surface area contributed by atoms with E-state index >= 15 is 0 Å². The molecule has 0 aromatic heterocycles. The van der Waals surface area contributed by atoms with Crippen LogP contribution >= 0.6 is 0 Å². The molecule has 11 heteroatoms. The highest BCUT2D eigenvalue weighted by molar-refractivity contribution is 6.09. The number of ether oxygens (including phenoxy) is 2. The smallest absolute Gasteiger partial charge is 0.387 e. The van der Waals surface area contributed by atoms with Gasteiger partial charge in [-0.1, -0.05) is 0 Å². The van der Waals surface area contributed by atoms with E-state index in [0.717, 1.165) is 12.8 Å². The first-order chi connectivity index (χ1) is 13.8. The van der Waals surface area contributed by atoms with Crippen molar-refractivity contribution < 1.29 is 32.6 Å². The van der Waals surface area contributed by atoms with Crippen LogP contribution in [0.25, 0.3) is 0 Å². The fourth-order valence-electron chi connectivity index (χ4n) is 2.92. The topological polar surface area (TPSA) is 123 Å². The number of nitrogens with one attached hydrogen (secondary N) is 2. The standard InChI is InChI=1S/C18H22F2N4O5/c19-18(20)29-13-7-11(3-4-12(13)24-5-6-28-9-14(24)25)23-17(27)15(16(21)26)22-8-10-1-2-10/h3-4,7,10,15,18,22H,1-2,5-6,8-9H2,(H2,21,26)(H,23,27)/t15-/m0/s1. The van der Waals surface area contributed by atoms with Gasteiger partial charge in [0.15, 0.2) is 11.8 Å². The lowest BCUT2D eigenvalue weighted by molar-refractivity contribution is -0.128. The highest BCUT2D eigenvalue weighted by Crippen LogP contribution is 2.33. The zero-order valence-corrected chi connectivity index (χ0v) is 15.5. The third-order valence-corrected chi connectivity index (χ3v) is 4.57. The average Bonchev–Trinajstić information content (AvgIpc) is 3.46. The molecule has 2 fully saturated rings. The van der Waals surface area contributed by atoms with E-state index in [-0.39, 0.29) is 36.9 Å². The van der Waals surface area contributed by atoms with Gasteiger partial charge in [-0.25, -0.2) is 0 Å². The number of morpholine rings is 1. The molecular weight excluding hydrogens is 390 g/mol. The Bertz CT molecular complexity index is 788. The number of benzene rings is 1. The van der Waals surface area contributed by atoms with Crippen molar-refractivity contribution in [3.8, 4) is 5.75 Å². The lowest BCUT2D eigenvalue weighted by Gasteiger charge is -2.28. The summed E-state index contributed by atoms with van der Waals surface area (Å²) in [5.41, 5.74) is 5.54. The van der Waals surface area contributed by atoms with Gasteiger partial charge in [-0.05, 0) is 37.4 Å². The molecule has 158 valence electrons. The fraction of sp³-hybridized carbons (Fsp3) is 0.500. The third kappa shape index (κ3) is 5.61. The van der Waals surface area contributed by atoms with Crippen molar-refractivity contribution in [2.75, 3.05) is 36.5 Å². The maximum absolute atomic E-state index is 12.9. The van der Waals surface area contributed by atoms with E-state index in [1.807, 2.05) is 0 Å². The average molecular weight is 412 g/mol. The first-order valence-electron chi connectivity index (χ1n) is 9.15. The monoisotopic (exact) mass is 412 g/mol. The van der Waals surface area contributed by atoms with Crippen LogP contribution in [0.3, 0.4) is 0 Å². The number of nitrogens with two attached hydrogens (primary N) is 1. The lowest BCUT2D eigenvalue weighted by atomic mass is 10.2. The molecular formula is C18H22F2N4O5. The summed E-state index contributed by atoms with van der Waals surface area (Å²) in [5.74, 6) is -1.82. The summed E-state index contributed by atoms with van der Waals surface area (Å²) in [5, 5.41) is 5.28. The van der Waals surface area contributed by atoms with Crippen LogP contribution < -0.4 is 26.0 Å². The molecule has 0 unspecified atom stereocenters. The Morgan fingerprint density at radius 1 is 1.34 bits per heavy atom. The molecule has 1 atom stereocenters. The summed E-state index contributed by atoms with van der Waals surface area (Å²) >= 11 is 0. The second kappa shape index (κ2) is 9.14. The van der Waals surface area contributed by atoms with Gasteiger partial charge in [0.05, 0.1) is 12.3 Å². The third-order valence-electron chi connectivity index (χ3n) is 4.57. The molecule has 1 saturated heterocycles. The van der Waals surface area contributed by atoms with Crippen molar-refractivity contribution in [3.63, 3.8) is 0 Å². The Labute approximate surface area is 165 Å². The van der Waals surface area contributed by atoms with Crippen LogP contribution in [0.4, 0.5) is 20.2 Å². The first-order valence-corrected chi connectivity index (χ1v) is 9.15. The molecule has 29 heavy (non-hydrogen) atoms. The minimum Gasteiger partial charge on any atom is -0.433 e. The van der Waals surface area contributed by atoms with Gasteiger partial charge in [-0.15, -0.1) is 0 Å². The summed E-state index contributed by atoms with van der Waals surface area (Å²) in [7, 11) is 0. The zero-order chi connectivity index (χ0) is 21.0. The van der Waals surface area contributed by atoms with Crippen LogP contribution in [0.15, 0.2) is 18.2 Å². The number of nitrogens with zero attached hydrogens (tertiary/aromatic N) is 1. The minimum absolute atomic E-state index is 0.120. The number of anilines is 2. The Kier molecular flexibility index (Phi) is 6.60. The van der Waals surface area contributed by atoms with Gasteiger partial charge in [0.2, 0.25) is 5.91 Å². The summed E-state index contributed by atoms with van der Waals surface area (Å²) in [4.78, 5) is 37.3. The number of amides is 3. The molecule has 0 spiro atoms. The quantitative estimate of drug-likeness (QED) is 0.506. The first kappa shape index (κ1) is 20.9. The largest absolute Gasteiger partial charge is 0.433 e. The van der Waals surface area contributed by atoms with Crippen molar-refractivity contribution in [1.29, 1.82) is 0 Å². The molecule has 9 nitrogen and oxygen atoms in total. The molecule has 1 saturated carbocycles. The maximum atomic E-state index is 12.9. The number of halogens is 2. The number of hydrogen-bond donors (Lipinski definition) is 3. The van der Waals surface area contributed by atoms with Gasteiger partial charge in [0.1, 0.15) is 6.61 Å². The normalized spacial score (nSPS) is 17.9. The van der Waals surface area contributed by atoms with Crippen LogP contribution in [-0.4, -0.2) is 56.7 Å². The number of carbonyl (C=O) groups excluding carboxylic acids is 3. The summed E-state index contributed by atoms with van der Waals surface area (Å²) < 4.78 is 35.3. The Morgan fingerprint density at radius 2 is 2.10 bits per heavy atom. The molecule has 0 bridgehead atoms. The van der Waals surface area contributed by atoms with Gasteiger partial charge in [0.25, 0.3) is 11.8 Å². The van der Waals surface area contributed by atoms with Crippen LogP contribution in [0.1, 0.15) is 12.8 Å². The Balaban J connectivity index is 1.76. The molecule has 3 rings (SSSR count). The highest BCUT2D eigenvalue weighted by Gasteiger charge is 2.29. The van der Waals surface area contributed by atoms with Crippen LogP contribution in [0.2, 0.25) is 0 Å². The van der Waals surface area contributed by atoms with Gasteiger partial charge in [-0.2, -0.15) is 8.78 Å². The Morgan fingerprint density at radius 3 is 2.72 bits per heavy atom. The highest BCUT2D eigenvalue weighted by atomic mass is 19.3. The number of hydrogen-bond acceptors (Lipinski definition) is 6. The van der Waals surface area contributed by atoms with Gasteiger partial charge < -0.3 is 25.4 Å². The van der Waals surface area contributed by atoms with Crippen molar-refractivity contribution >= 4 is 29.1 Å². The van der Waals surface area contributed by atoms with Gasteiger partial charge in [-0.3, -0.25) is 19.7 Å². The molecule has 1 aromatic rings. The summed E-state index contributed by atoms with van der Waals surface area (Å²) in [6, 6.07) is 2.72. The molecule has 1 aliphatic carbocycles. The van der Waals surface area contributed by atoms with E-state index in [2.05, 4.69) is 15.4 Å². The molecule has 2 aliphatic rings. The minimum atomic E-state index is -3.13. The predicted octanol–water partition coefficient (Wildman–Crippen LogP) is 0.443. The fourth-order valence-corrected chi connectivity index (χ4v) is 2.92. The van der Waals surface area contributed by atoms with Crippen molar-refractivity contribution in [2.45, 2.75) is 25.5 Å². The second-order valence-corrected chi connectivity index (χ2v) is 6.84. The van der Waals surface area contributed by atoms with E-state index in [1.165, 1.54) is 23.1 Å². The predicted molar refractivity (Wildman–Crippen MR) is 98.6 cm³/mol. The van der Waals surface area contributed by atoms with E-state index in [4.69, 9.17) is 10.5 Å². The molecule has 1 aromatic carbocycles. The van der Waals surface area contributed by atoms with Crippen molar-refractivity contribution in [2.24, 2.45) is 11.7 Å². The summed E-state index contributed by atoms with van der Waals surface area (Å²) in [6.07, 6.45) is 2.05. The lowest BCUT2D eigenvalue weighted by Crippen LogP contribution is -2.50. The SMILES string of the molecule is NC(=O)[C@H](NCC1CC1)C(=O)Nc1ccc(N2CCOCC2=O)c(OC(F)F)c1. The summed E-state index contributed by atoms with van der Waals surface area (Å²) in [6.45, 7) is -2.38. The van der Waals surface area contributed by atoms with Crippen LogP contribution in [0.5, 0.6) is 5.75 Å². The van der Waals surface area contributed by atoms with Gasteiger partial charge in [0, 0.05) is 18.3 Å². The molecule has 1 aliphatic heterocycles. The Hall–Kier alpha value is -2.79. The molecule has 3 amide bonds. The second-order valence-electron chi connectivity index (χ2n) is 6.84. The van der Waals surface area contributed by atoms with E-state index in [1.54, 1.807) is 0 Å². The zero-order valence-electron chi connectivity index (χ0n) is 15.5. The molecule has 4 N–H and O–H groups in total. The molecule has 1 heterocycles. The van der Waals surface area contributed by atoms with E-state index in [9.17, 15) is 23.2 Å². The van der Waals surface area contributed by atoms with Crippen molar-refractivity contribution in [3.05, 3.63) is 18.2 Å². The van der Waals surface area contributed by atoms with E-state index < -0.39 is 30.4 Å². The van der Waals surface area contributed by atoms with Gasteiger partial charge >= 0.3 is 6.61 Å². The van der Waals surface area contributed by atoms with Crippen LogP contribution in [-0.2, 0) is 19.1 Å². The van der Waals surface area contributed by atoms with Crippen LogP contribution in [0, 0.1) is 5.92 Å². The maximum Gasteiger partial charge on any atom is 0.387 e. The number of alkyl halides is 2. The number of primary amides is 1. The number of rotatable bonds is 9. The molecule has 0 radical (unpaired) electrons. The number of carbonyl (C=O) groups is 3. The van der Waals surface area contributed by atoms with Crippen molar-refractivity contribution in [1.82, 2.24) is 5.32 Å².